The van der Waals surface area contributed by atoms with E-state index in [9.17, 15) is 14.7 Å². The summed E-state index contributed by atoms with van der Waals surface area (Å²) in [5.41, 5.74) is 3.00. The first-order chi connectivity index (χ1) is 19.4. The van der Waals surface area contributed by atoms with Crippen LogP contribution in [-0.4, -0.2) is 33.6 Å². The fourth-order valence-electron chi connectivity index (χ4n) is 4.32. The maximum atomic E-state index is 13.5. The largest absolute Gasteiger partial charge is 0.507 e. The highest BCUT2D eigenvalue weighted by Gasteiger charge is 2.48. The van der Waals surface area contributed by atoms with E-state index in [4.69, 9.17) is 16.3 Å². The minimum atomic E-state index is -0.916. The molecule has 1 aromatic heterocycles. The fourth-order valence-corrected chi connectivity index (χ4v) is 6.47. The maximum absolute atomic E-state index is 13.5. The number of hydrogen-bond donors (Lipinski definition) is 1. The van der Waals surface area contributed by atoms with Crippen LogP contribution in [0.4, 0.5) is 5.13 Å². The normalized spacial score (nSPS) is 16.5. The lowest BCUT2D eigenvalue weighted by molar-refractivity contribution is -0.132. The molecule has 0 spiro atoms. The zero-order chi connectivity index (χ0) is 28.2. The quantitative estimate of drug-likeness (QED) is 0.0723. The highest BCUT2D eigenvalue weighted by atomic mass is 35.5. The van der Waals surface area contributed by atoms with Gasteiger partial charge in [0.2, 0.25) is 5.13 Å². The van der Waals surface area contributed by atoms with Gasteiger partial charge < -0.3 is 9.84 Å². The van der Waals surface area contributed by atoms with Crippen LogP contribution in [0.5, 0.6) is 5.75 Å². The van der Waals surface area contributed by atoms with E-state index in [1.165, 1.54) is 28.0 Å². The van der Waals surface area contributed by atoms with Gasteiger partial charge in [-0.15, -0.1) is 10.2 Å². The topological polar surface area (TPSA) is 92.6 Å². The van der Waals surface area contributed by atoms with Crippen molar-refractivity contribution in [1.82, 2.24) is 10.2 Å². The molecule has 1 fully saturated rings. The predicted octanol–water partition coefficient (Wildman–Crippen LogP) is 7.21. The second kappa shape index (κ2) is 12.2. The number of aliphatic hydroxyl groups excluding tert-OH is 1. The summed E-state index contributed by atoms with van der Waals surface area (Å²) in [6, 6.07) is 21.0. The first kappa shape index (κ1) is 27.9. The number of amides is 1. The Morgan fingerprint density at radius 1 is 1.07 bits per heavy atom. The number of halogens is 1. The van der Waals surface area contributed by atoms with E-state index in [-0.39, 0.29) is 16.5 Å². The number of thioether (sulfide) groups is 1. The zero-order valence-corrected chi connectivity index (χ0v) is 24.2. The van der Waals surface area contributed by atoms with Crippen molar-refractivity contribution in [3.8, 4) is 5.75 Å². The van der Waals surface area contributed by atoms with E-state index in [2.05, 4.69) is 10.2 Å². The summed E-state index contributed by atoms with van der Waals surface area (Å²) in [6.45, 7) is 4.47. The van der Waals surface area contributed by atoms with Crippen LogP contribution in [0.1, 0.15) is 41.6 Å². The minimum Gasteiger partial charge on any atom is -0.507 e. The van der Waals surface area contributed by atoms with Gasteiger partial charge in [-0.25, -0.2) is 0 Å². The van der Waals surface area contributed by atoms with Crippen LogP contribution in [0.15, 0.2) is 82.7 Å². The molecule has 1 saturated heterocycles. The third-order valence-corrected chi connectivity index (χ3v) is 8.80. The van der Waals surface area contributed by atoms with Crippen LogP contribution in [0.3, 0.4) is 0 Å². The molecule has 4 aromatic rings. The number of nitrogens with zero attached hydrogens (tertiary/aromatic N) is 3. The smallest absolute Gasteiger partial charge is 0.301 e. The first-order valence-electron chi connectivity index (χ1n) is 12.7. The molecular weight excluding hydrogens is 566 g/mol. The number of carbonyl (C=O) groups is 2. The van der Waals surface area contributed by atoms with Gasteiger partial charge in [-0.1, -0.05) is 102 Å². The minimum absolute atomic E-state index is 0.0121. The number of ketones is 1. The summed E-state index contributed by atoms with van der Waals surface area (Å²) < 4.78 is 6.44. The van der Waals surface area contributed by atoms with Crippen molar-refractivity contribution < 1.29 is 19.4 Å². The van der Waals surface area contributed by atoms with Crippen molar-refractivity contribution in [1.29, 1.82) is 0 Å². The zero-order valence-electron chi connectivity index (χ0n) is 21.8. The molecule has 0 radical (unpaired) electrons. The lowest BCUT2D eigenvalue weighted by atomic mass is 9.95. The highest BCUT2D eigenvalue weighted by Crippen LogP contribution is 2.44. The van der Waals surface area contributed by atoms with Gasteiger partial charge in [0.1, 0.15) is 11.5 Å². The third-order valence-electron chi connectivity index (χ3n) is 6.33. The summed E-state index contributed by atoms with van der Waals surface area (Å²) in [5.74, 6) is -0.640. The summed E-state index contributed by atoms with van der Waals surface area (Å²) in [6.07, 6.45) is 0.829. The lowest BCUT2D eigenvalue weighted by Gasteiger charge is -2.23. The van der Waals surface area contributed by atoms with Crippen LogP contribution in [-0.2, 0) is 15.3 Å². The van der Waals surface area contributed by atoms with Crippen LogP contribution in [0, 0.1) is 6.92 Å². The standard InChI is InChI=1S/C30H26ClN3O4S2/c1-3-15-38-22-9-6-8-20(16-22)25-24(26(35)19-13-11-18(2)12-14-19)27(36)28(37)34(25)29-32-33-30(40-29)39-17-21-7-4-5-10-23(21)31/h4-14,16,25,35H,3,15,17H2,1-2H3. The van der Waals surface area contributed by atoms with Crippen molar-refractivity contribution >= 4 is 57.3 Å². The third kappa shape index (κ3) is 5.77. The molecule has 7 nitrogen and oxygen atoms in total. The number of benzene rings is 3. The fraction of sp³-hybridized carbons (Fsp3) is 0.200. The van der Waals surface area contributed by atoms with Gasteiger partial charge in [-0.2, -0.15) is 0 Å². The molecule has 0 saturated carbocycles. The number of anilines is 1. The van der Waals surface area contributed by atoms with Crippen LogP contribution < -0.4 is 9.64 Å². The molecule has 5 rings (SSSR count). The van der Waals surface area contributed by atoms with E-state index in [1.54, 1.807) is 30.3 Å². The molecule has 1 N–H and O–H groups in total. The maximum Gasteiger partial charge on any atom is 0.301 e. The number of aliphatic hydroxyl groups is 1. The Hall–Kier alpha value is -3.66. The molecule has 1 atom stereocenters. The Morgan fingerprint density at radius 2 is 1.85 bits per heavy atom. The molecule has 1 amide bonds. The molecule has 0 bridgehead atoms. The van der Waals surface area contributed by atoms with Gasteiger partial charge in [0.15, 0.2) is 4.34 Å². The second-order valence-electron chi connectivity index (χ2n) is 9.19. The van der Waals surface area contributed by atoms with Crippen molar-refractivity contribution in [2.75, 3.05) is 11.5 Å². The number of carbonyl (C=O) groups excluding carboxylic acids is 2. The summed E-state index contributed by atoms with van der Waals surface area (Å²) in [4.78, 5) is 28.3. The molecule has 10 heteroatoms. The van der Waals surface area contributed by atoms with E-state index in [0.717, 1.165) is 17.5 Å². The average molecular weight is 592 g/mol. The number of hydrogen-bond acceptors (Lipinski definition) is 8. The summed E-state index contributed by atoms with van der Waals surface area (Å²) in [7, 11) is 0. The van der Waals surface area contributed by atoms with Crippen molar-refractivity contribution in [3.05, 3.63) is 106 Å². The van der Waals surface area contributed by atoms with Gasteiger partial charge in [-0.3, -0.25) is 14.5 Å². The molecular formula is C30H26ClN3O4S2. The van der Waals surface area contributed by atoms with Gasteiger partial charge in [-0.05, 0) is 42.7 Å². The second-order valence-corrected chi connectivity index (χ2v) is 11.8. The van der Waals surface area contributed by atoms with Gasteiger partial charge in [0.25, 0.3) is 5.78 Å². The number of aromatic nitrogens is 2. The SMILES string of the molecule is CCCOc1cccc(C2C(=C(O)c3ccc(C)cc3)C(=O)C(=O)N2c2nnc(SCc3ccccc3Cl)s2)c1. The van der Waals surface area contributed by atoms with E-state index >= 15 is 0 Å². The molecule has 1 unspecified atom stereocenters. The summed E-state index contributed by atoms with van der Waals surface area (Å²) >= 11 is 8.94. The Balaban J connectivity index is 1.55. The van der Waals surface area contributed by atoms with Gasteiger partial charge in [0.05, 0.1) is 18.2 Å². The molecule has 40 heavy (non-hydrogen) atoms. The van der Waals surface area contributed by atoms with Gasteiger partial charge in [0, 0.05) is 16.3 Å². The summed E-state index contributed by atoms with van der Waals surface area (Å²) in [5, 5.41) is 20.8. The Bertz CT molecular complexity index is 1590. The lowest BCUT2D eigenvalue weighted by Crippen LogP contribution is -2.29. The predicted molar refractivity (Wildman–Crippen MR) is 159 cm³/mol. The number of Topliss-reactive ketones (excluding diaryl/α,β-unsaturated/α-hetero) is 1. The van der Waals surface area contributed by atoms with Crippen LogP contribution >= 0.6 is 34.7 Å². The number of aryl methyl sites for hydroxylation is 1. The van der Waals surface area contributed by atoms with Crippen LogP contribution in [0.2, 0.25) is 5.02 Å². The Morgan fingerprint density at radius 3 is 2.60 bits per heavy atom. The Labute approximate surface area is 245 Å². The Kier molecular flexibility index (Phi) is 8.54. The van der Waals surface area contributed by atoms with E-state index in [0.29, 0.717) is 38.6 Å². The van der Waals surface area contributed by atoms with Crippen molar-refractivity contribution in [3.63, 3.8) is 0 Å². The molecule has 204 valence electrons. The first-order valence-corrected chi connectivity index (χ1v) is 14.9. The van der Waals surface area contributed by atoms with E-state index in [1.807, 2.05) is 56.3 Å². The molecule has 0 aliphatic carbocycles. The van der Waals surface area contributed by atoms with Crippen molar-refractivity contribution in [2.45, 2.75) is 36.4 Å². The molecule has 2 heterocycles. The molecule has 1 aliphatic rings. The number of ether oxygens (including phenoxy) is 1. The average Bonchev–Trinajstić information content (AvgIpc) is 3.53. The molecule has 1 aliphatic heterocycles. The monoisotopic (exact) mass is 591 g/mol. The van der Waals surface area contributed by atoms with E-state index < -0.39 is 17.7 Å². The van der Waals surface area contributed by atoms with Crippen LogP contribution in [0.25, 0.3) is 5.76 Å². The van der Waals surface area contributed by atoms with Crippen molar-refractivity contribution in [2.24, 2.45) is 0 Å². The van der Waals surface area contributed by atoms with Gasteiger partial charge >= 0.3 is 5.91 Å². The number of rotatable bonds is 9. The molecule has 3 aromatic carbocycles. The highest BCUT2D eigenvalue weighted by molar-refractivity contribution is 8.00.